The van der Waals surface area contributed by atoms with Crippen LogP contribution < -0.4 is 11.2 Å². The van der Waals surface area contributed by atoms with Crippen LogP contribution in [0.4, 0.5) is 0 Å². The van der Waals surface area contributed by atoms with Gasteiger partial charge in [-0.05, 0) is 12.1 Å². The van der Waals surface area contributed by atoms with E-state index in [4.69, 9.17) is 0 Å². The van der Waals surface area contributed by atoms with E-state index in [2.05, 4.69) is 9.97 Å². The van der Waals surface area contributed by atoms with Crippen LogP contribution in [0.2, 0.25) is 0 Å². The summed E-state index contributed by atoms with van der Waals surface area (Å²) >= 11 is 0. The highest BCUT2D eigenvalue weighted by Gasteiger charge is 1.96. The van der Waals surface area contributed by atoms with Crippen LogP contribution in [0.5, 0.6) is 0 Å². The van der Waals surface area contributed by atoms with Gasteiger partial charge in [0.1, 0.15) is 0 Å². The number of hydrogen-bond donors (Lipinski definition) is 2. The fourth-order valence-corrected chi connectivity index (χ4v) is 1.11. The highest BCUT2D eigenvalue weighted by molar-refractivity contribution is 8.93. The molecule has 2 N–H and O–H groups in total. The molecule has 4 nitrogen and oxygen atoms in total. The number of halogens is 1. The Morgan fingerprint density at radius 2 is 1.69 bits per heavy atom. The number of para-hydroxylation sites is 1. The van der Waals surface area contributed by atoms with Crippen molar-refractivity contribution in [2.24, 2.45) is 0 Å². The second-order valence-electron chi connectivity index (χ2n) is 2.45. The van der Waals surface area contributed by atoms with E-state index in [1.807, 2.05) is 0 Å². The predicted molar refractivity (Wildman–Crippen MR) is 55.5 cm³/mol. The maximum absolute atomic E-state index is 11.1. The minimum Gasteiger partial charge on any atom is -0.307 e. The van der Waals surface area contributed by atoms with Crippen LogP contribution in [-0.2, 0) is 0 Å². The molecule has 2 aromatic rings. The van der Waals surface area contributed by atoms with Gasteiger partial charge in [0.2, 0.25) is 0 Å². The third kappa shape index (κ3) is 1.70. The van der Waals surface area contributed by atoms with Crippen molar-refractivity contribution in [2.75, 3.05) is 0 Å². The zero-order valence-corrected chi connectivity index (χ0v) is 8.25. The Hall–Kier alpha value is -1.36. The maximum Gasteiger partial charge on any atom is 0.326 e. The monoisotopic (exact) mass is 242 g/mol. The summed E-state index contributed by atoms with van der Waals surface area (Å²) in [4.78, 5) is 26.6. The highest BCUT2D eigenvalue weighted by atomic mass is 79.9. The standard InChI is InChI=1S/C8H6N2O2.BrH/c11-7-5-3-1-2-4-6(5)9-8(12)10-7;/h1-4H,(H2,9,10,11,12);1H. The summed E-state index contributed by atoms with van der Waals surface area (Å²) < 4.78 is 0. The molecule has 2 rings (SSSR count). The van der Waals surface area contributed by atoms with Crippen LogP contribution >= 0.6 is 17.0 Å². The second-order valence-corrected chi connectivity index (χ2v) is 2.45. The topological polar surface area (TPSA) is 65.7 Å². The molecule has 1 aromatic carbocycles. The molecule has 13 heavy (non-hydrogen) atoms. The Labute approximate surface area is 83.4 Å². The summed E-state index contributed by atoms with van der Waals surface area (Å²) in [5.41, 5.74) is -0.265. The van der Waals surface area contributed by atoms with Gasteiger partial charge in [0.05, 0.1) is 10.9 Å². The lowest BCUT2D eigenvalue weighted by molar-refractivity contribution is 1.08. The van der Waals surface area contributed by atoms with Crippen LogP contribution in [0, 0.1) is 0 Å². The summed E-state index contributed by atoms with van der Waals surface area (Å²) in [5, 5.41) is 0.497. The van der Waals surface area contributed by atoms with Crippen molar-refractivity contribution in [2.45, 2.75) is 0 Å². The number of H-pyrrole nitrogens is 2. The van der Waals surface area contributed by atoms with Crippen molar-refractivity contribution in [3.63, 3.8) is 0 Å². The lowest BCUT2D eigenvalue weighted by atomic mass is 10.2. The fraction of sp³-hybridized carbons (Fsp3) is 0. The SMILES string of the molecule is Br.O=c1[nH]c(=O)c2ccccc2[nH]1. The zero-order valence-electron chi connectivity index (χ0n) is 6.53. The Bertz CT molecular complexity index is 529. The molecule has 0 amide bonds. The molecular formula is C8H7BrN2O2. The van der Waals surface area contributed by atoms with E-state index in [9.17, 15) is 9.59 Å². The van der Waals surface area contributed by atoms with Gasteiger partial charge in [-0.3, -0.25) is 9.78 Å². The van der Waals surface area contributed by atoms with E-state index in [1.165, 1.54) is 0 Å². The normalized spacial score (nSPS) is 9.54. The smallest absolute Gasteiger partial charge is 0.307 e. The highest BCUT2D eigenvalue weighted by Crippen LogP contribution is 2.01. The van der Waals surface area contributed by atoms with E-state index < -0.39 is 5.69 Å². The molecule has 0 fully saturated rings. The van der Waals surface area contributed by atoms with Crippen LogP contribution in [-0.4, -0.2) is 9.97 Å². The Morgan fingerprint density at radius 1 is 1.00 bits per heavy atom. The molecule has 0 spiro atoms. The first-order valence-electron chi connectivity index (χ1n) is 3.49. The molecule has 1 heterocycles. The minimum atomic E-state index is -0.473. The second kappa shape index (κ2) is 3.57. The summed E-state index contributed by atoms with van der Waals surface area (Å²) in [6, 6.07) is 6.85. The molecule has 0 radical (unpaired) electrons. The molecule has 0 saturated carbocycles. The van der Waals surface area contributed by atoms with Gasteiger partial charge in [-0.1, -0.05) is 12.1 Å². The number of rotatable bonds is 0. The van der Waals surface area contributed by atoms with E-state index >= 15 is 0 Å². The van der Waals surface area contributed by atoms with E-state index in [-0.39, 0.29) is 22.5 Å². The third-order valence-electron chi connectivity index (χ3n) is 1.65. The van der Waals surface area contributed by atoms with Crippen LogP contribution in [0.3, 0.4) is 0 Å². The Morgan fingerprint density at radius 3 is 2.46 bits per heavy atom. The first kappa shape index (κ1) is 9.73. The van der Waals surface area contributed by atoms with E-state index in [0.29, 0.717) is 10.9 Å². The minimum absolute atomic E-state index is 0. The number of fused-ring (bicyclic) bond motifs is 1. The van der Waals surface area contributed by atoms with E-state index in [1.54, 1.807) is 24.3 Å². The van der Waals surface area contributed by atoms with Crippen molar-refractivity contribution in [3.05, 3.63) is 45.1 Å². The summed E-state index contributed by atoms with van der Waals surface area (Å²) in [6.45, 7) is 0. The number of aromatic nitrogens is 2. The van der Waals surface area contributed by atoms with Gasteiger partial charge in [0.25, 0.3) is 5.56 Å². The van der Waals surface area contributed by atoms with Crippen LogP contribution in [0.25, 0.3) is 10.9 Å². The molecule has 0 bridgehead atoms. The fourth-order valence-electron chi connectivity index (χ4n) is 1.11. The first-order valence-corrected chi connectivity index (χ1v) is 3.49. The van der Waals surface area contributed by atoms with Crippen molar-refractivity contribution >= 4 is 27.9 Å². The number of nitrogens with one attached hydrogen (secondary N) is 2. The maximum atomic E-state index is 11.1. The molecule has 5 heteroatoms. The summed E-state index contributed by atoms with van der Waals surface area (Å²) in [5.74, 6) is 0. The van der Waals surface area contributed by atoms with Gasteiger partial charge in [0.15, 0.2) is 0 Å². The van der Waals surface area contributed by atoms with E-state index in [0.717, 1.165) is 0 Å². The number of benzene rings is 1. The van der Waals surface area contributed by atoms with Gasteiger partial charge in [-0.25, -0.2) is 4.79 Å². The average molecular weight is 243 g/mol. The van der Waals surface area contributed by atoms with Crippen LogP contribution in [0.15, 0.2) is 33.9 Å². The van der Waals surface area contributed by atoms with Crippen molar-refractivity contribution in [1.29, 1.82) is 0 Å². The zero-order chi connectivity index (χ0) is 8.55. The molecule has 0 aliphatic heterocycles. The van der Waals surface area contributed by atoms with Gasteiger partial charge >= 0.3 is 5.69 Å². The largest absolute Gasteiger partial charge is 0.326 e. The van der Waals surface area contributed by atoms with Gasteiger partial charge in [-0.2, -0.15) is 0 Å². The molecule has 1 aromatic heterocycles. The number of aromatic amines is 2. The Balaban J connectivity index is 0.000000845. The van der Waals surface area contributed by atoms with Crippen molar-refractivity contribution in [1.82, 2.24) is 9.97 Å². The molecule has 0 aliphatic carbocycles. The molecular weight excluding hydrogens is 236 g/mol. The molecule has 0 unspecified atom stereocenters. The van der Waals surface area contributed by atoms with Gasteiger partial charge < -0.3 is 4.98 Å². The van der Waals surface area contributed by atoms with Crippen LogP contribution in [0.1, 0.15) is 0 Å². The summed E-state index contributed by atoms with van der Waals surface area (Å²) in [7, 11) is 0. The van der Waals surface area contributed by atoms with Gasteiger partial charge in [0, 0.05) is 0 Å². The number of hydrogen-bond acceptors (Lipinski definition) is 2. The lowest BCUT2D eigenvalue weighted by Crippen LogP contribution is -2.21. The Kier molecular flexibility index (Phi) is 2.67. The predicted octanol–water partition coefficient (Wildman–Crippen LogP) is 0.794. The quantitative estimate of drug-likeness (QED) is 0.718. The molecule has 0 aliphatic rings. The van der Waals surface area contributed by atoms with Gasteiger partial charge in [-0.15, -0.1) is 17.0 Å². The summed E-state index contributed by atoms with van der Waals surface area (Å²) in [6.07, 6.45) is 0. The molecule has 0 atom stereocenters. The first-order chi connectivity index (χ1) is 5.77. The average Bonchev–Trinajstić information content (AvgIpc) is 2.04. The lowest BCUT2D eigenvalue weighted by Gasteiger charge is -1.92. The van der Waals surface area contributed by atoms with Crippen molar-refractivity contribution in [3.8, 4) is 0 Å². The third-order valence-corrected chi connectivity index (χ3v) is 1.65. The molecule has 68 valence electrons. The van der Waals surface area contributed by atoms with Crippen molar-refractivity contribution < 1.29 is 0 Å². The molecule has 0 saturated heterocycles.